The Balaban J connectivity index is 1.44. The van der Waals surface area contributed by atoms with E-state index in [9.17, 15) is 29.7 Å². The van der Waals surface area contributed by atoms with E-state index in [-0.39, 0.29) is 35.9 Å². The van der Waals surface area contributed by atoms with Crippen molar-refractivity contribution in [1.29, 1.82) is 0 Å². The summed E-state index contributed by atoms with van der Waals surface area (Å²) in [5.41, 5.74) is -2.19. The van der Waals surface area contributed by atoms with Gasteiger partial charge < -0.3 is 29.2 Å². The first-order valence-electron chi connectivity index (χ1n) is 11.8. The number of carbonyl (C=O) groups is 3. The van der Waals surface area contributed by atoms with Gasteiger partial charge in [-0.3, -0.25) is 9.59 Å². The lowest BCUT2D eigenvalue weighted by Gasteiger charge is -2.55. The molecule has 3 N–H and O–H groups in total. The Morgan fingerprint density at radius 3 is 2.60 bits per heavy atom. The van der Waals surface area contributed by atoms with Gasteiger partial charge in [0.15, 0.2) is 0 Å². The summed E-state index contributed by atoms with van der Waals surface area (Å²) in [6.07, 6.45) is 2.05. The van der Waals surface area contributed by atoms with Crippen molar-refractivity contribution in [3.8, 4) is 5.75 Å². The van der Waals surface area contributed by atoms with E-state index in [1.54, 1.807) is 6.07 Å². The van der Waals surface area contributed by atoms with Gasteiger partial charge in [0.1, 0.15) is 29.8 Å². The zero-order chi connectivity index (χ0) is 25.0. The highest BCUT2D eigenvalue weighted by Crippen LogP contribution is 2.61. The van der Waals surface area contributed by atoms with Crippen LogP contribution in [0, 0.1) is 23.2 Å². The molecule has 9 heteroatoms. The number of ether oxygens (including phenoxy) is 2. The molecule has 0 bridgehead atoms. The number of phenolic OH excluding ortho intramolecular Hbond substituents is 1. The fourth-order valence-corrected chi connectivity index (χ4v) is 6.41. The van der Waals surface area contributed by atoms with Gasteiger partial charge in [0, 0.05) is 18.4 Å². The van der Waals surface area contributed by atoms with Gasteiger partial charge in [0.05, 0.1) is 35.5 Å². The predicted molar refractivity (Wildman–Crippen MR) is 119 cm³/mol. The Labute approximate surface area is 201 Å². The first-order chi connectivity index (χ1) is 16.7. The van der Waals surface area contributed by atoms with E-state index in [1.165, 1.54) is 36.8 Å². The summed E-state index contributed by atoms with van der Waals surface area (Å²) < 4.78 is 16.3. The third kappa shape index (κ3) is 3.65. The monoisotopic (exact) mass is 484 g/mol. The number of hydrogen-bond donors (Lipinski definition) is 3. The van der Waals surface area contributed by atoms with Crippen LogP contribution in [0.15, 0.2) is 47.3 Å². The number of fused-ring (bicyclic) bond motifs is 2. The number of cyclic esters (lactones) is 1. The minimum atomic E-state index is -2.05. The number of benzene rings is 1. The maximum absolute atomic E-state index is 13.4. The Bertz CT molecular complexity index is 1120. The Morgan fingerprint density at radius 1 is 1.17 bits per heavy atom. The van der Waals surface area contributed by atoms with Gasteiger partial charge in [0.2, 0.25) is 0 Å². The fourth-order valence-electron chi connectivity index (χ4n) is 6.41. The molecule has 1 saturated heterocycles. The van der Waals surface area contributed by atoms with Crippen LogP contribution in [-0.4, -0.2) is 51.4 Å². The molecule has 3 aliphatic rings. The van der Waals surface area contributed by atoms with Gasteiger partial charge in [-0.2, -0.15) is 0 Å². The number of hydrogen-bond acceptors (Lipinski definition) is 9. The van der Waals surface area contributed by atoms with E-state index >= 15 is 0 Å². The van der Waals surface area contributed by atoms with Gasteiger partial charge in [-0.1, -0.05) is 6.92 Å². The summed E-state index contributed by atoms with van der Waals surface area (Å²) in [6, 6.07) is 7.13. The summed E-state index contributed by atoms with van der Waals surface area (Å²) in [7, 11) is 0. The summed E-state index contributed by atoms with van der Waals surface area (Å²) in [4.78, 5) is 39.2. The van der Waals surface area contributed by atoms with Gasteiger partial charge in [-0.05, 0) is 55.0 Å². The molecule has 1 aromatic carbocycles. The van der Waals surface area contributed by atoms with Crippen LogP contribution in [-0.2, 0) is 19.1 Å². The molecular weight excluding hydrogens is 456 g/mol. The average Bonchev–Trinajstić information content (AvgIpc) is 3.47. The summed E-state index contributed by atoms with van der Waals surface area (Å²) in [5, 5.41) is 31.9. The number of rotatable bonds is 4. The molecule has 9 nitrogen and oxygen atoms in total. The molecule has 1 aliphatic heterocycles. The highest BCUT2D eigenvalue weighted by atomic mass is 16.6. The van der Waals surface area contributed by atoms with Crippen LogP contribution in [0.5, 0.6) is 5.75 Å². The number of carbonyl (C=O) groups excluding carboxylic acids is 3. The zero-order valence-corrected chi connectivity index (χ0v) is 19.3. The number of phenols is 1. The van der Waals surface area contributed by atoms with Crippen molar-refractivity contribution in [2.75, 3.05) is 6.61 Å². The molecule has 0 radical (unpaired) electrons. The van der Waals surface area contributed by atoms with Gasteiger partial charge in [0.25, 0.3) is 0 Å². The Morgan fingerprint density at radius 2 is 1.91 bits per heavy atom. The van der Waals surface area contributed by atoms with Crippen molar-refractivity contribution in [3.05, 3.63) is 54.0 Å². The molecule has 0 amide bonds. The van der Waals surface area contributed by atoms with Gasteiger partial charge in [-0.25, -0.2) is 4.79 Å². The van der Waals surface area contributed by atoms with Crippen LogP contribution >= 0.6 is 0 Å². The van der Waals surface area contributed by atoms with Crippen LogP contribution in [0.1, 0.15) is 54.6 Å². The third-order valence-corrected chi connectivity index (χ3v) is 8.27. The molecule has 2 saturated carbocycles. The number of furan rings is 1. The van der Waals surface area contributed by atoms with E-state index in [0.717, 1.165) is 5.56 Å². The molecule has 7 atom stereocenters. The average molecular weight is 485 g/mol. The lowest BCUT2D eigenvalue weighted by Crippen LogP contribution is -2.66. The third-order valence-electron chi connectivity index (χ3n) is 8.27. The number of esters is 2. The second kappa shape index (κ2) is 8.49. The first kappa shape index (κ1) is 23.6. The largest absolute Gasteiger partial charge is 0.508 e. The van der Waals surface area contributed by atoms with Crippen molar-refractivity contribution < 1.29 is 43.6 Å². The van der Waals surface area contributed by atoms with Crippen LogP contribution in [0.25, 0.3) is 0 Å². The maximum atomic E-state index is 13.4. The van der Waals surface area contributed by atoms with Crippen LogP contribution in [0.4, 0.5) is 0 Å². The molecular formula is C26H28O9. The zero-order valence-electron chi connectivity index (χ0n) is 19.3. The van der Waals surface area contributed by atoms with E-state index in [0.29, 0.717) is 12.8 Å². The predicted octanol–water partition coefficient (Wildman–Crippen LogP) is 2.54. The molecule has 2 aliphatic carbocycles. The quantitative estimate of drug-likeness (QED) is 0.558. The molecule has 0 unspecified atom stereocenters. The molecule has 5 rings (SSSR count). The van der Waals surface area contributed by atoms with Crippen molar-refractivity contribution in [1.82, 2.24) is 0 Å². The number of aliphatic hydroxyl groups excluding tert-OH is 1. The Kier molecular flexibility index (Phi) is 5.72. The van der Waals surface area contributed by atoms with Crippen LogP contribution < -0.4 is 0 Å². The highest BCUT2D eigenvalue weighted by molar-refractivity contribution is 5.91. The van der Waals surface area contributed by atoms with Crippen LogP contribution in [0.3, 0.4) is 0 Å². The number of aromatic hydroxyl groups is 1. The van der Waals surface area contributed by atoms with Crippen molar-refractivity contribution >= 4 is 17.7 Å². The number of aliphatic hydroxyl groups is 2. The highest BCUT2D eigenvalue weighted by Gasteiger charge is 2.68. The first-order valence-corrected chi connectivity index (χ1v) is 11.8. The van der Waals surface area contributed by atoms with E-state index in [2.05, 4.69) is 0 Å². The molecule has 3 fully saturated rings. The molecule has 2 aromatic rings. The maximum Gasteiger partial charge on any atom is 0.338 e. The van der Waals surface area contributed by atoms with Crippen molar-refractivity contribution in [2.24, 2.45) is 23.2 Å². The second-order valence-corrected chi connectivity index (χ2v) is 10.1. The summed E-state index contributed by atoms with van der Waals surface area (Å²) >= 11 is 0. The second-order valence-electron chi connectivity index (χ2n) is 10.1. The van der Waals surface area contributed by atoms with Gasteiger partial charge in [-0.15, -0.1) is 0 Å². The summed E-state index contributed by atoms with van der Waals surface area (Å²) in [6.45, 7) is 1.24. The smallest absolute Gasteiger partial charge is 0.338 e. The van der Waals surface area contributed by atoms with E-state index < -0.39 is 53.6 Å². The normalized spacial score (nSPS) is 36.6. The molecule has 35 heavy (non-hydrogen) atoms. The van der Waals surface area contributed by atoms with Crippen molar-refractivity contribution in [2.45, 2.75) is 50.4 Å². The molecule has 1 spiro atoms. The SMILES string of the molecule is C[C@@H]1CC(=O)[C@@H]2[C@H](CC[C@H](O)[C@]2(O)COC(=O)c2ccc(O)cc2)[C@@]12C[C@@H](c1ccoc1)OC2=O. The molecule has 186 valence electrons. The minimum Gasteiger partial charge on any atom is -0.508 e. The lowest BCUT2D eigenvalue weighted by atomic mass is 9.48. The minimum absolute atomic E-state index is 0.0184. The van der Waals surface area contributed by atoms with E-state index in [4.69, 9.17) is 13.9 Å². The van der Waals surface area contributed by atoms with Crippen molar-refractivity contribution in [3.63, 3.8) is 0 Å². The van der Waals surface area contributed by atoms with Crippen LogP contribution in [0.2, 0.25) is 0 Å². The lowest BCUT2D eigenvalue weighted by molar-refractivity contribution is -0.209. The van der Waals surface area contributed by atoms with E-state index in [1.807, 2.05) is 6.92 Å². The topological polar surface area (TPSA) is 144 Å². The fraction of sp³-hybridized carbons (Fsp3) is 0.500. The number of ketones is 1. The van der Waals surface area contributed by atoms with Gasteiger partial charge >= 0.3 is 11.9 Å². The molecule has 1 aromatic heterocycles. The standard InChI is InChI=1S/C26H28O9/c1-14-10-19(28)22-18(25(14)11-20(35-24(25)31)16-8-9-33-12-16)6-7-21(29)26(22,32)13-34-23(30)15-2-4-17(27)5-3-15/h2-5,8-9,12,14,18,20-22,27,29,32H,6-7,10-11,13H2,1H3/t14-,18+,20+,21+,22+,25-,26-/m1/s1. The number of Topliss-reactive ketones (excluding diaryl/α,β-unsaturated/α-hetero) is 1. The Hall–Kier alpha value is -3.17. The molecule has 2 heterocycles. The summed E-state index contributed by atoms with van der Waals surface area (Å²) in [5.74, 6) is -3.46.